The fourth-order valence-electron chi connectivity index (χ4n) is 2.03. The SMILES string of the molecule is CC1=CC(=O)C(N=[N+]=[N-])=C(C)C1=NC(=O)c1ccc(Cl)cc1. The van der Waals surface area contributed by atoms with Crippen LogP contribution in [0, 0.1) is 0 Å². The van der Waals surface area contributed by atoms with E-state index in [4.69, 9.17) is 17.1 Å². The smallest absolute Gasteiger partial charge is 0.277 e. The largest absolute Gasteiger partial charge is 0.289 e. The molecule has 1 amide bonds. The van der Waals surface area contributed by atoms with E-state index in [9.17, 15) is 9.59 Å². The highest BCUT2D eigenvalue weighted by Crippen LogP contribution is 2.22. The molecule has 1 aliphatic rings. The average molecular weight is 315 g/mol. The second-order valence-electron chi connectivity index (χ2n) is 4.63. The highest BCUT2D eigenvalue weighted by molar-refractivity contribution is 6.30. The number of hydrogen-bond acceptors (Lipinski definition) is 3. The van der Waals surface area contributed by atoms with Gasteiger partial charge in [0.2, 0.25) is 0 Å². The van der Waals surface area contributed by atoms with Gasteiger partial charge in [0, 0.05) is 15.5 Å². The monoisotopic (exact) mass is 314 g/mol. The first-order valence-corrected chi connectivity index (χ1v) is 6.69. The fraction of sp³-hybridized carbons (Fsp3) is 0.133. The van der Waals surface area contributed by atoms with Crippen molar-refractivity contribution in [2.24, 2.45) is 10.1 Å². The van der Waals surface area contributed by atoms with Crippen LogP contribution in [0.4, 0.5) is 0 Å². The first kappa shape index (κ1) is 15.7. The molecule has 0 heterocycles. The van der Waals surface area contributed by atoms with Gasteiger partial charge in [0.25, 0.3) is 5.91 Å². The number of rotatable bonds is 2. The van der Waals surface area contributed by atoms with E-state index >= 15 is 0 Å². The van der Waals surface area contributed by atoms with Crippen LogP contribution in [0.3, 0.4) is 0 Å². The van der Waals surface area contributed by atoms with Crippen molar-refractivity contribution in [2.75, 3.05) is 0 Å². The van der Waals surface area contributed by atoms with E-state index in [0.717, 1.165) is 0 Å². The molecule has 0 spiro atoms. The van der Waals surface area contributed by atoms with E-state index in [1.54, 1.807) is 38.1 Å². The maximum Gasteiger partial charge on any atom is 0.277 e. The first-order valence-electron chi connectivity index (χ1n) is 6.32. The number of allylic oxidation sites excluding steroid dienone is 3. The number of aliphatic imine (C=N–C) groups is 1. The topological polar surface area (TPSA) is 95.3 Å². The molecule has 6 nitrogen and oxygen atoms in total. The molecule has 0 N–H and O–H groups in total. The summed E-state index contributed by atoms with van der Waals surface area (Å²) in [7, 11) is 0. The Morgan fingerprint density at radius 2 is 1.86 bits per heavy atom. The molecule has 110 valence electrons. The van der Waals surface area contributed by atoms with E-state index in [-0.39, 0.29) is 5.70 Å². The highest BCUT2D eigenvalue weighted by Gasteiger charge is 2.22. The number of benzene rings is 1. The molecular weight excluding hydrogens is 304 g/mol. The summed E-state index contributed by atoms with van der Waals surface area (Å²) in [5, 5.41) is 3.90. The second kappa shape index (κ2) is 6.39. The van der Waals surface area contributed by atoms with Gasteiger partial charge in [-0.1, -0.05) is 16.7 Å². The molecule has 0 aromatic heterocycles. The molecule has 0 atom stereocenters. The maximum atomic E-state index is 12.2. The lowest BCUT2D eigenvalue weighted by molar-refractivity contribution is -0.111. The Kier molecular flexibility index (Phi) is 4.56. The quantitative estimate of drug-likeness (QED) is 0.356. The highest BCUT2D eigenvalue weighted by atomic mass is 35.5. The van der Waals surface area contributed by atoms with E-state index in [1.165, 1.54) is 6.08 Å². The Balaban J connectivity index is 2.47. The van der Waals surface area contributed by atoms with Gasteiger partial charge in [-0.15, -0.1) is 0 Å². The predicted octanol–water partition coefficient (Wildman–Crippen LogP) is 4.03. The number of carbonyl (C=O) groups excluding carboxylic acids is 2. The van der Waals surface area contributed by atoms with Gasteiger partial charge in [0.1, 0.15) is 0 Å². The van der Waals surface area contributed by atoms with Crippen molar-refractivity contribution in [2.45, 2.75) is 13.8 Å². The Hall–Kier alpha value is -2.69. The number of ketones is 1. The zero-order valence-corrected chi connectivity index (χ0v) is 12.6. The molecular formula is C15H11ClN4O2. The molecule has 22 heavy (non-hydrogen) atoms. The van der Waals surface area contributed by atoms with Crippen molar-refractivity contribution in [3.63, 3.8) is 0 Å². The Labute approximate surface area is 131 Å². The summed E-state index contributed by atoms with van der Waals surface area (Å²) < 4.78 is 0. The molecule has 0 fully saturated rings. The lowest BCUT2D eigenvalue weighted by Crippen LogP contribution is -2.17. The van der Waals surface area contributed by atoms with Crippen molar-refractivity contribution in [1.29, 1.82) is 0 Å². The molecule has 1 aliphatic carbocycles. The van der Waals surface area contributed by atoms with Crippen molar-refractivity contribution >= 4 is 29.0 Å². The van der Waals surface area contributed by atoms with E-state index in [0.29, 0.717) is 27.4 Å². The Morgan fingerprint density at radius 3 is 2.45 bits per heavy atom. The van der Waals surface area contributed by atoms with Gasteiger partial charge >= 0.3 is 0 Å². The van der Waals surface area contributed by atoms with Crippen LogP contribution in [0.5, 0.6) is 0 Å². The third-order valence-electron chi connectivity index (χ3n) is 3.11. The normalized spacial score (nSPS) is 16.4. The summed E-state index contributed by atoms with van der Waals surface area (Å²) >= 11 is 5.78. The molecule has 0 bridgehead atoms. The second-order valence-corrected chi connectivity index (χ2v) is 5.06. The van der Waals surface area contributed by atoms with Gasteiger partial charge in [-0.25, -0.2) is 4.99 Å². The maximum absolute atomic E-state index is 12.2. The van der Waals surface area contributed by atoms with E-state index < -0.39 is 11.7 Å². The van der Waals surface area contributed by atoms with Crippen LogP contribution < -0.4 is 0 Å². The number of nitrogens with zero attached hydrogens (tertiary/aromatic N) is 4. The lowest BCUT2D eigenvalue weighted by Gasteiger charge is -2.14. The molecule has 7 heteroatoms. The van der Waals surface area contributed by atoms with Gasteiger partial charge < -0.3 is 0 Å². The Bertz CT molecular complexity index is 797. The lowest BCUT2D eigenvalue weighted by atomic mass is 9.94. The van der Waals surface area contributed by atoms with Gasteiger partial charge in [-0.3, -0.25) is 9.59 Å². The minimum Gasteiger partial charge on any atom is -0.289 e. The Morgan fingerprint density at radius 1 is 1.23 bits per heavy atom. The van der Waals surface area contributed by atoms with Crippen LogP contribution in [0.15, 0.2) is 57.3 Å². The number of azide groups is 1. The standard InChI is InChI=1S/C15H11ClN4O2/c1-8-7-12(21)14(19-20-17)9(2)13(8)18-15(22)10-3-5-11(16)6-4-10/h3-7H,1-2H3. The van der Waals surface area contributed by atoms with Crippen molar-refractivity contribution in [3.8, 4) is 0 Å². The molecule has 0 radical (unpaired) electrons. The first-order chi connectivity index (χ1) is 10.4. The van der Waals surface area contributed by atoms with Gasteiger partial charge in [0.05, 0.1) is 11.4 Å². The average Bonchev–Trinajstić information content (AvgIpc) is 2.48. The zero-order valence-electron chi connectivity index (χ0n) is 11.9. The number of hydrogen-bond donors (Lipinski definition) is 0. The molecule has 2 rings (SSSR count). The van der Waals surface area contributed by atoms with Crippen LogP contribution in [0.1, 0.15) is 24.2 Å². The summed E-state index contributed by atoms with van der Waals surface area (Å²) in [4.78, 5) is 30.6. The summed E-state index contributed by atoms with van der Waals surface area (Å²) in [6.45, 7) is 3.26. The third kappa shape index (κ3) is 3.14. The van der Waals surface area contributed by atoms with Crippen LogP contribution in [0.2, 0.25) is 5.02 Å². The fourth-order valence-corrected chi connectivity index (χ4v) is 2.15. The molecule has 1 aromatic rings. The minimum absolute atomic E-state index is 0.0456. The zero-order chi connectivity index (χ0) is 16.3. The van der Waals surface area contributed by atoms with Gasteiger partial charge in [-0.05, 0) is 60.9 Å². The third-order valence-corrected chi connectivity index (χ3v) is 3.37. The van der Waals surface area contributed by atoms with Crippen LogP contribution in [-0.4, -0.2) is 17.4 Å². The van der Waals surface area contributed by atoms with Crippen LogP contribution in [-0.2, 0) is 4.79 Å². The summed E-state index contributed by atoms with van der Waals surface area (Å²) in [5.41, 5.74) is 10.1. The van der Waals surface area contributed by atoms with Gasteiger partial charge in [0.15, 0.2) is 5.78 Å². The molecule has 0 saturated carbocycles. The van der Waals surface area contributed by atoms with Gasteiger partial charge in [-0.2, -0.15) is 0 Å². The predicted molar refractivity (Wildman–Crippen MR) is 83.8 cm³/mol. The number of halogens is 1. The van der Waals surface area contributed by atoms with Crippen molar-refractivity contribution in [1.82, 2.24) is 0 Å². The van der Waals surface area contributed by atoms with Crippen molar-refractivity contribution < 1.29 is 9.59 Å². The molecule has 0 saturated heterocycles. The summed E-state index contributed by atoms with van der Waals surface area (Å²) in [6, 6.07) is 6.32. The summed E-state index contributed by atoms with van der Waals surface area (Å²) in [5.74, 6) is -0.862. The minimum atomic E-state index is -0.464. The van der Waals surface area contributed by atoms with Crippen LogP contribution in [0.25, 0.3) is 10.4 Å². The van der Waals surface area contributed by atoms with Crippen molar-refractivity contribution in [3.05, 3.63) is 68.2 Å². The summed E-state index contributed by atoms with van der Waals surface area (Å²) in [6.07, 6.45) is 1.30. The van der Waals surface area contributed by atoms with Crippen LogP contribution >= 0.6 is 11.6 Å². The molecule has 0 unspecified atom stereocenters. The number of carbonyl (C=O) groups is 2. The number of amides is 1. The van der Waals surface area contributed by atoms with E-state index in [2.05, 4.69) is 15.0 Å². The van der Waals surface area contributed by atoms with E-state index in [1.807, 2.05) is 0 Å². The molecule has 1 aromatic carbocycles. The molecule has 0 aliphatic heterocycles.